The molecule has 1 heterocycles. The van der Waals surface area contributed by atoms with Crippen LogP contribution in [0.15, 0.2) is 12.1 Å². The second kappa shape index (κ2) is 7.63. The molecule has 21 heavy (non-hydrogen) atoms. The highest BCUT2D eigenvalue weighted by Crippen LogP contribution is 2.41. The van der Waals surface area contributed by atoms with E-state index in [4.69, 9.17) is 0 Å². The van der Waals surface area contributed by atoms with Crippen LogP contribution in [0.2, 0.25) is 0 Å². The van der Waals surface area contributed by atoms with Crippen molar-refractivity contribution in [1.29, 1.82) is 0 Å². The Hall–Kier alpha value is -1.31. The Morgan fingerprint density at radius 1 is 1.10 bits per heavy atom. The third-order valence-electron chi connectivity index (χ3n) is 3.45. The van der Waals surface area contributed by atoms with Gasteiger partial charge in [0.1, 0.15) is 17.2 Å². The lowest BCUT2D eigenvalue weighted by atomic mass is 9.98. The Morgan fingerprint density at radius 3 is 2.10 bits per heavy atom. The summed E-state index contributed by atoms with van der Waals surface area (Å²) in [5.74, 6) is -1.04. The highest BCUT2D eigenvalue weighted by molar-refractivity contribution is 5.85. The molecule has 1 atom stereocenters. The number of halogens is 3. The van der Waals surface area contributed by atoms with Gasteiger partial charge in [0.2, 0.25) is 6.43 Å². The molecule has 120 valence electrons. The zero-order valence-corrected chi connectivity index (χ0v) is 12.1. The van der Waals surface area contributed by atoms with Crippen LogP contribution in [0, 0.1) is 0 Å². The summed E-state index contributed by atoms with van der Waals surface area (Å²) < 4.78 is 25.6. The van der Waals surface area contributed by atoms with Gasteiger partial charge in [0.15, 0.2) is 0 Å². The number of rotatable bonds is 4. The summed E-state index contributed by atoms with van der Waals surface area (Å²) >= 11 is 0. The van der Waals surface area contributed by atoms with E-state index in [1.807, 2.05) is 0 Å². The SMILES string of the molecule is Cl.Oc1cc(O)c([C@H](CC(F)F)N2CCNCC2)c(O)c1. The summed E-state index contributed by atoms with van der Waals surface area (Å²) in [4.78, 5) is 1.80. The van der Waals surface area contributed by atoms with Gasteiger partial charge in [-0.2, -0.15) is 0 Å². The fourth-order valence-electron chi connectivity index (χ4n) is 2.56. The third kappa shape index (κ3) is 4.33. The molecule has 0 saturated carbocycles. The molecule has 0 radical (unpaired) electrons. The lowest BCUT2D eigenvalue weighted by Gasteiger charge is -2.35. The molecule has 0 bridgehead atoms. The van der Waals surface area contributed by atoms with Gasteiger partial charge < -0.3 is 20.6 Å². The van der Waals surface area contributed by atoms with E-state index in [9.17, 15) is 24.1 Å². The number of nitrogens with one attached hydrogen (secondary N) is 1. The molecule has 8 heteroatoms. The fourth-order valence-corrected chi connectivity index (χ4v) is 2.56. The van der Waals surface area contributed by atoms with Crippen LogP contribution in [-0.2, 0) is 0 Å². The molecule has 1 aromatic carbocycles. The van der Waals surface area contributed by atoms with E-state index in [1.165, 1.54) is 0 Å². The number of alkyl halides is 2. The molecule has 1 aromatic rings. The Morgan fingerprint density at radius 2 is 1.62 bits per heavy atom. The summed E-state index contributed by atoms with van der Waals surface area (Å²) in [6, 6.07) is 1.32. The first-order chi connectivity index (χ1) is 9.49. The topological polar surface area (TPSA) is 76.0 Å². The van der Waals surface area contributed by atoms with Crippen LogP contribution < -0.4 is 5.32 Å². The van der Waals surface area contributed by atoms with E-state index in [0.717, 1.165) is 12.1 Å². The molecule has 0 amide bonds. The van der Waals surface area contributed by atoms with Gasteiger partial charge in [-0.15, -0.1) is 12.4 Å². The van der Waals surface area contributed by atoms with Gasteiger partial charge in [-0.25, -0.2) is 8.78 Å². The largest absolute Gasteiger partial charge is 0.508 e. The molecule has 2 rings (SSSR count). The molecule has 0 aliphatic carbocycles. The van der Waals surface area contributed by atoms with Crippen molar-refractivity contribution >= 4 is 12.4 Å². The Bertz CT molecular complexity index is 448. The minimum atomic E-state index is -2.55. The molecule has 1 saturated heterocycles. The number of piperazine rings is 1. The predicted octanol–water partition coefficient (Wildman–Crippen LogP) is 1.83. The number of benzene rings is 1. The van der Waals surface area contributed by atoms with E-state index >= 15 is 0 Å². The number of nitrogens with zero attached hydrogens (tertiary/aromatic N) is 1. The average molecular weight is 325 g/mol. The number of hydrogen-bond acceptors (Lipinski definition) is 5. The van der Waals surface area contributed by atoms with E-state index in [2.05, 4.69) is 5.32 Å². The zero-order chi connectivity index (χ0) is 14.7. The van der Waals surface area contributed by atoms with Crippen LogP contribution in [0.5, 0.6) is 17.2 Å². The minimum absolute atomic E-state index is 0. The smallest absolute Gasteiger partial charge is 0.240 e. The van der Waals surface area contributed by atoms with Gasteiger partial charge in [-0.1, -0.05) is 0 Å². The van der Waals surface area contributed by atoms with Crippen LogP contribution in [-0.4, -0.2) is 52.8 Å². The van der Waals surface area contributed by atoms with Crippen molar-refractivity contribution in [1.82, 2.24) is 10.2 Å². The summed E-state index contributed by atoms with van der Waals surface area (Å²) in [7, 11) is 0. The Balaban J connectivity index is 0.00000220. The highest BCUT2D eigenvalue weighted by Gasteiger charge is 2.30. The molecule has 0 aromatic heterocycles. The van der Waals surface area contributed by atoms with E-state index in [0.29, 0.717) is 26.2 Å². The maximum atomic E-state index is 12.8. The quantitative estimate of drug-likeness (QED) is 0.680. The van der Waals surface area contributed by atoms with E-state index in [1.54, 1.807) is 4.90 Å². The molecular weight excluding hydrogens is 306 g/mol. The van der Waals surface area contributed by atoms with Crippen molar-refractivity contribution in [3.63, 3.8) is 0 Å². The van der Waals surface area contributed by atoms with Crippen molar-refractivity contribution in [3.05, 3.63) is 17.7 Å². The summed E-state index contributed by atoms with van der Waals surface area (Å²) in [5.41, 5.74) is 0.0463. The van der Waals surface area contributed by atoms with Crippen molar-refractivity contribution in [2.45, 2.75) is 18.9 Å². The average Bonchev–Trinajstić information content (AvgIpc) is 2.37. The molecule has 4 N–H and O–H groups in total. The van der Waals surface area contributed by atoms with Gasteiger partial charge >= 0.3 is 0 Å². The Kier molecular flexibility index (Phi) is 6.44. The standard InChI is InChI=1S/C13H18F2N2O3.ClH/c14-12(15)7-9(17-3-1-16-2-4-17)13-10(19)5-8(18)6-11(13)20;/h5-6,9,12,16,18-20H,1-4,7H2;1H/t9-;/m0./s1. The van der Waals surface area contributed by atoms with Crippen molar-refractivity contribution in [3.8, 4) is 17.2 Å². The maximum absolute atomic E-state index is 12.8. The highest BCUT2D eigenvalue weighted by atomic mass is 35.5. The lowest BCUT2D eigenvalue weighted by Crippen LogP contribution is -2.45. The number of hydrogen-bond donors (Lipinski definition) is 4. The normalized spacial score (nSPS) is 17.5. The minimum Gasteiger partial charge on any atom is -0.508 e. The predicted molar refractivity (Wildman–Crippen MR) is 76.5 cm³/mol. The van der Waals surface area contributed by atoms with Gasteiger partial charge in [-0.05, 0) is 0 Å². The van der Waals surface area contributed by atoms with Crippen molar-refractivity contribution in [2.24, 2.45) is 0 Å². The monoisotopic (exact) mass is 324 g/mol. The summed E-state index contributed by atoms with van der Waals surface area (Å²) in [6.45, 7) is 2.44. The number of phenolic OH excluding ortho intramolecular Hbond substituents is 3. The van der Waals surface area contributed by atoms with Crippen LogP contribution in [0.25, 0.3) is 0 Å². The second-order valence-electron chi connectivity index (χ2n) is 4.83. The maximum Gasteiger partial charge on any atom is 0.240 e. The van der Waals surface area contributed by atoms with Crippen molar-refractivity contribution < 1.29 is 24.1 Å². The van der Waals surface area contributed by atoms with E-state index < -0.39 is 18.9 Å². The molecule has 0 unspecified atom stereocenters. The number of aromatic hydroxyl groups is 3. The van der Waals surface area contributed by atoms with Crippen LogP contribution in [0.3, 0.4) is 0 Å². The van der Waals surface area contributed by atoms with Gasteiger partial charge in [0.25, 0.3) is 0 Å². The van der Waals surface area contributed by atoms with Gasteiger partial charge in [0.05, 0.1) is 5.56 Å². The summed E-state index contributed by atoms with van der Waals surface area (Å²) in [5, 5.41) is 32.2. The van der Waals surface area contributed by atoms with Gasteiger partial charge in [0, 0.05) is 50.8 Å². The fraction of sp³-hybridized carbons (Fsp3) is 0.538. The van der Waals surface area contributed by atoms with E-state index in [-0.39, 0.29) is 35.2 Å². The number of phenols is 3. The molecule has 0 spiro atoms. The zero-order valence-electron chi connectivity index (χ0n) is 11.3. The molecule has 1 aliphatic rings. The van der Waals surface area contributed by atoms with Gasteiger partial charge in [-0.3, -0.25) is 4.90 Å². The third-order valence-corrected chi connectivity index (χ3v) is 3.45. The lowest BCUT2D eigenvalue weighted by molar-refractivity contribution is 0.0719. The first kappa shape index (κ1) is 17.7. The first-order valence-electron chi connectivity index (χ1n) is 6.46. The second-order valence-corrected chi connectivity index (χ2v) is 4.83. The van der Waals surface area contributed by atoms with Crippen LogP contribution in [0.4, 0.5) is 8.78 Å². The van der Waals surface area contributed by atoms with Crippen LogP contribution >= 0.6 is 12.4 Å². The Labute approximate surface area is 127 Å². The molecule has 5 nitrogen and oxygen atoms in total. The molecular formula is C13H19ClF2N2O3. The van der Waals surface area contributed by atoms with Crippen molar-refractivity contribution in [2.75, 3.05) is 26.2 Å². The first-order valence-corrected chi connectivity index (χ1v) is 6.46. The summed E-state index contributed by atoms with van der Waals surface area (Å²) in [6.07, 6.45) is -3.03. The molecule has 1 aliphatic heterocycles. The molecule has 1 fully saturated rings. The van der Waals surface area contributed by atoms with Crippen LogP contribution in [0.1, 0.15) is 18.0 Å².